The van der Waals surface area contributed by atoms with Gasteiger partial charge in [-0.15, -0.1) is 0 Å². The highest BCUT2D eigenvalue weighted by molar-refractivity contribution is 5.96. The summed E-state index contributed by atoms with van der Waals surface area (Å²) in [6.45, 7) is 0. The fraction of sp³-hybridized carbons (Fsp3) is 0.172. The maximum Gasteiger partial charge on any atom is 0.346 e. The second kappa shape index (κ2) is 8.80. The lowest BCUT2D eigenvalue weighted by atomic mass is 9.95. The zero-order valence-electron chi connectivity index (χ0n) is 18.2. The molecule has 0 bridgehead atoms. The quantitative estimate of drug-likeness (QED) is 0.384. The van der Waals surface area contributed by atoms with Gasteiger partial charge in [0.15, 0.2) is 0 Å². The Morgan fingerprint density at radius 1 is 0.970 bits per heavy atom. The molecule has 0 saturated heterocycles. The van der Waals surface area contributed by atoms with Crippen LogP contribution in [0.2, 0.25) is 0 Å². The van der Waals surface area contributed by atoms with Gasteiger partial charge in [0.1, 0.15) is 11.6 Å². The Hall–Kier alpha value is -4.10. The van der Waals surface area contributed by atoms with Gasteiger partial charge in [0.2, 0.25) is 0 Å². The number of carboxylic acids is 1. The van der Waals surface area contributed by atoms with Gasteiger partial charge in [0, 0.05) is 29.4 Å². The van der Waals surface area contributed by atoms with E-state index in [1.165, 1.54) is 40.4 Å². The molecule has 162 valence electrons. The van der Waals surface area contributed by atoms with Crippen molar-refractivity contribution in [3.63, 3.8) is 0 Å². The molecule has 4 nitrogen and oxygen atoms in total. The number of hydrogen-bond acceptors (Lipinski definition) is 3. The monoisotopic (exact) mass is 432 g/mol. The number of benzene rings is 3. The molecule has 0 radical (unpaired) electrons. The maximum absolute atomic E-state index is 11.3. The summed E-state index contributed by atoms with van der Waals surface area (Å²) in [6, 6.07) is 29.1. The lowest BCUT2D eigenvalue weighted by molar-refractivity contribution is -0.132. The molecule has 33 heavy (non-hydrogen) atoms. The first-order valence-corrected chi connectivity index (χ1v) is 11.3. The van der Waals surface area contributed by atoms with E-state index < -0.39 is 5.97 Å². The smallest absolute Gasteiger partial charge is 0.346 e. The molecular formula is C29H24N2O2. The third kappa shape index (κ3) is 3.94. The highest BCUT2D eigenvalue weighted by atomic mass is 16.4. The normalized spacial score (nSPS) is 18.9. The van der Waals surface area contributed by atoms with Gasteiger partial charge < -0.3 is 10.0 Å². The van der Waals surface area contributed by atoms with E-state index in [9.17, 15) is 9.90 Å². The first-order valence-electron chi connectivity index (χ1n) is 11.3. The Morgan fingerprint density at radius 2 is 1.64 bits per heavy atom. The molecule has 0 aromatic heterocycles. The highest BCUT2D eigenvalue weighted by Crippen LogP contribution is 2.50. The van der Waals surface area contributed by atoms with Crippen molar-refractivity contribution < 1.29 is 9.90 Å². The maximum atomic E-state index is 11.3. The Bertz CT molecular complexity index is 1240. The first-order chi connectivity index (χ1) is 16.2. The number of carboxylic acid groups (broad SMARTS) is 1. The zero-order valence-corrected chi connectivity index (χ0v) is 18.2. The summed E-state index contributed by atoms with van der Waals surface area (Å²) in [4.78, 5) is 13.7. The third-order valence-electron chi connectivity index (χ3n) is 6.67. The van der Waals surface area contributed by atoms with Crippen LogP contribution in [0.3, 0.4) is 0 Å². The van der Waals surface area contributed by atoms with Gasteiger partial charge in [0.05, 0.1) is 0 Å². The van der Waals surface area contributed by atoms with Gasteiger partial charge in [-0.05, 0) is 53.3 Å². The number of nitrogens with zero attached hydrogens (tertiary/aromatic N) is 2. The molecule has 2 unspecified atom stereocenters. The van der Waals surface area contributed by atoms with Crippen LogP contribution < -0.4 is 4.90 Å². The topological polar surface area (TPSA) is 64.3 Å². The standard InChI is InChI=1S/C29H24N2O2/c30-18-23(29(32)33)16-20-14-15-28-25(17-20)24-12-7-13-27(24)31(28)19-26(21-8-3-1-4-9-21)22-10-5-2-6-11-22/h1-6,8-11,14-17,19,24,27H,7,12-13H2,(H,32,33). The average Bonchev–Trinajstić information content (AvgIpc) is 3.43. The lowest BCUT2D eigenvalue weighted by Gasteiger charge is -2.25. The lowest BCUT2D eigenvalue weighted by Crippen LogP contribution is -2.26. The average molecular weight is 433 g/mol. The van der Waals surface area contributed by atoms with E-state index >= 15 is 0 Å². The van der Waals surface area contributed by atoms with E-state index in [-0.39, 0.29) is 5.57 Å². The molecule has 1 saturated carbocycles. The summed E-state index contributed by atoms with van der Waals surface area (Å²) in [5, 5.41) is 18.4. The van der Waals surface area contributed by atoms with Gasteiger partial charge in [-0.1, -0.05) is 73.2 Å². The number of fused-ring (bicyclic) bond motifs is 3. The fourth-order valence-electron chi connectivity index (χ4n) is 5.17. The van der Waals surface area contributed by atoms with E-state index in [0.29, 0.717) is 12.0 Å². The Kier molecular flexibility index (Phi) is 5.54. The van der Waals surface area contributed by atoms with Crippen molar-refractivity contribution in [2.24, 2.45) is 0 Å². The summed E-state index contributed by atoms with van der Waals surface area (Å²) < 4.78 is 0. The summed E-state index contributed by atoms with van der Waals surface area (Å²) >= 11 is 0. The third-order valence-corrected chi connectivity index (χ3v) is 6.67. The van der Waals surface area contributed by atoms with Crippen molar-refractivity contribution >= 4 is 23.3 Å². The minimum absolute atomic E-state index is 0.247. The molecule has 1 aliphatic carbocycles. The molecule has 2 atom stereocenters. The van der Waals surface area contributed by atoms with Crippen LogP contribution in [-0.2, 0) is 4.79 Å². The van der Waals surface area contributed by atoms with Crippen LogP contribution in [0.15, 0.2) is 90.6 Å². The number of hydrogen-bond donors (Lipinski definition) is 1. The molecule has 4 heteroatoms. The Labute approximate surface area is 193 Å². The molecule has 3 aromatic rings. The van der Waals surface area contributed by atoms with Crippen LogP contribution in [0.4, 0.5) is 5.69 Å². The zero-order chi connectivity index (χ0) is 22.8. The van der Waals surface area contributed by atoms with E-state index in [1.807, 2.05) is 18.2 Å². The predicted octanol–water partition coefficient (Wildman–Crippen LogP) is 6.22. The van der Waals surface area contributed by atoms with Gasteiger partial charge in [0.25, 0.3) is 0 Å². The Morgan fingerprint density at radius 3 is 2.24 bits per heavy atom. The largest absolute Gasteiger partial charge is 0.477 e. The molecule has 5 rings (SSSR count). The summed E-state index contributed by atoms with van der Waals surface area (Å²) in [5.74, 6) is -0.788. The van der Waals surface area contributed by atoms with E-state index in [4.69, 9.17) is 5.26 Å². The highest BCUT2D eigenvalue weighted by Gasteiger charge is 2.41. The number of nitriles is 1. The van der Waals surface area contributed by atoms with Crippen molar-refractivity contribution in [1.29, 1.82) is 5.26 Å². The molecule has 2 aliphatic rings. The van der Waals surface area contributed by atoms with Crippen molar-refractivity contribution in [3.8, 4) is 6.07 Å². The van der Waals surface area contributed by atoms with Gasteiger partial charge in [-0.3, -0.25) is 0 Å². The molecule has 1 heterocycles. The molecular weight excluding hydrogens is 408 g/mol. The van der Waals surface area contributed by atoms with E-state index in [2.05, 4.69) is 71.8 Å². The van der Waals surface area contributed by atoms with Crippen LogP contribution in [0.5, 0.6) is 0 Å². The Balaban J connectivity index is 1.61. The number of anilines is 1. The van der Waals surface area contributed by atoms with Crippen molar-refractivity contribution in [2.45, 2.75) is 31.2 Å². The summed E-state index contributed by atoms with van der Waals surface area (Å²) in [6.07, 6.45) is 7.16. The molecule has 0 spiro atoms. The van der Waals surface area contributed by atoms with Crippen LogP contribution in [0.1, 0.15) is 47.4 Å². The van der Waals surface area contributed by atoms with Crippen molar-refractivity contribution in [3.05, 3.63) is 113 Å². The molecule has 3 aromatic carbocycles. The second-order valence-electron chi connectivity index (χ2n) is 8.58. The molecule has 1 N–H and O–H groups in total. The van der Waals surface area contributed by atoms with Crippen LogP contribution in [0.25, 0.3) is 11.6 Å². The minimum Gasteiger partial charge on any atom is -0.477 e. The molecule has 1 aliphatic heterocycles. The number of carbonyl (C=O) groups is 1. The van der Waals surface area contributed by atoms with Crippen molar-refractivity contribution in [1.82, 2.24) is 0 Å². The summed E-state index contributed by atoms with van der Waals surface area (Å²) in [7, 11) is 0. The minimum atomic E-state index is -1.20. The SMILES string of the molecule is N#CC(=Cc1ccc2c(c1)C1CCCC1N2C=C(c1ccccc1)c1ccccc1)C(=O)O. The fourth-order valence-corrected chi connectivity index (χ4v) is 5.17. The molecule has 1 fully saturated rings. The second-order valence-corrected chi connectivity index (χ2v) is 8.58. The van der Waals surface area contributed by atoms with Crippen LogP contribution in [0, 0.1) is 11.3 Å². The first kappa shape index (κ1) is 20.8. The van der Waals surface area contributed by atoms with Gasteiger partial charge in [-0.25, -0.2) is 4.79 Å². The van der Waals surface area contributed by atoms with E-state index in [1.54, 1.807) is 6.07 Å². The van der Waals surface area contributed by atoms with Gasteiger partial charge >= 0.3 is 5.97 Å². The number of rotatable bonds is 5. The van der Waals surface area contributed by atoms with Crippen LogP contribution in [-0.4, -0.2) is 17.1 Å². The van der Waals surface area contributed by atoms with Crippen LogP contribution >= 0.6 is 0 Å². The van der Waals surface area contributed by atoms with Crippen molar-refractivity contribution in [2.75, 3.05) is 4.90 Å². The van der Waals surface area contributed by atoms with Gasteiger partial charge in [-0.2, -0.15) is 5.26 Å². The number of aliphatic carboxylic acids is 1. The molecule has 0 amide bonds. The summed E-state index contributed by atoms with van der Waals surface area (Å²) in [5.41, 5.74) is 6.44. The predicted molar refractivity (Wildman–Crippen MR) is 130 cm³/mol. The van der Waals surface area contributed by atoms with E-state index in [0.717, 1.165) is 18.4 Å².